The molecule has 0 aromatic heterocycles. The average Bonchev–Trinajstić information content (AvgIpc) is 2.95. The first-order valence-electron chi connectivity index (χ1n) is 12.8. The van der Waals surface area contributed by atoms with E-state index in [0.717, 1.165) is 0 Å². The second-order valence-electron chi connectivity index (χ2n) is 10.2. The van der Waals surface area contributed by atoms with Gasteiger partial charge in [0.2, 0.25) is 6.29 Å². The highest BCUT2D eigenvalue weighted by Gasteiger charge is 2.46. The minimum Gasteiger partial charge on any atom is -0.507 e. The van der Waals surface area contributed by atoms with Crippen molar-refractivity contribution in [2.24, 2.45) is 0 Å². The number of aliphatic hydroxyl groups excluding tert-OH is 3. The van der Waals surface area contributed by atoms with Crippen molar-refractivity contribution in [2.45, 2.75) is 50.2 Å². The number of aromatic hydroxyl groups is 3. The van der Waals surface area contributed by atoms with Crippen LogP contribution in [0, 0.1) is 6.92 Å². The van der Waals surface area contributed by atoms with E-state index in [-0.39, 0.29) is 45.9 Å². The Morgan fingerprint density at radius 1 is 0.805 bits per heavy atom. The van der Waals surface area contributed by atoms with Crippen molar-refractivity contribution >= 4 is 11.8 Å². The summed E-state index contributed by atoms with van der Waals surface area (Å²) < 4.78 is 22.8. The predicted octanol–water partition coefficient (Wildman–Crippen LogP) is 1.84. The zero-order valence-electron chi connectivity index (χ0n) is 21.6. The van der Waals surface area contributed by atoms with E-state index in [1.807, 2.05) is 0 Å². The Morgan fingerprint density at radius 3 is 2.32 bits per heavy atom. The Hall–Kier alpha value is -4.36. The van der Waals surface area contributed by atoms with Gasteiger partial charge < -0.3 is 49.6 Å². The van der Waals surface area contributed by atoms with Gasteiger partial charge in [-0.25, -0.2) is 4.79 Å². The van der Waals surface area contributed by atoms with Crippen LogP contribution in [0.1, 0.15) is 44.4 Å². The molecule has 9 bridgehead atoms. The third-order valence-electron chi connectivity index (χ3n) is 7.60. The molecule has 12 nitrogen and oxygen atoms in total. The number of cyclic esters (lactones) is 1. The summed E-state index contributed by atoms with van der Waals surface area (Å²) in [5.74, 6) is -2.37. The molecule has 6 atom stereocenters. The zero-order chi connectivity index (χ0) is 29.2. The largest absolute Gasteiger partial charge is 0.507 e. The number of hydrogen-bond acceptors (Lipinski definition) is 12. The summed E-state index contributed by atoms with van der Waals surface area (Å²) in [5, 5.41) is 63.4. The Labute approximate surface area is 232 Å². The molecule has 3 aliphatic heterocycles. The highest BCUT2D eigenvalue weighted by atomic mass is 16.7. The molecule has 1 saturated heterocycles. The highest BCUT2D eigenvalue weighted by Crippen LogP contribution is 2.46. The molecule has 3 aromatic rings. The average molecular weight is 567 g/mol. The third-order valence-corrected chi connectivity index (χ3v) is 7.60. The number of carbonyl (C=O) groups is 2. The van der Waals surface area contributed by atoms with E-state index in [2.05, 4.69) is 0 Å². The van der Waals surface area contributed by atoms with Gasteiger partial charge in [0.05, 0.1) is 6.42 Å². The molecule has 6 rings (SSSR count). The van der Waals surface area contributed by atoms with Gasteiger partial charge in [0.1, 0.15) is 77.0 Å². The summed E-state index contributed by atoms with van der Waals surface area (Å²) in [6.07, 6.45) is -9.09. The van der Waals surface area contributed by atoms with Gasteiger partial charge in [-0.3, -0.25) is 4.79 Å². The number of benzene rings is 3. The Balaban J connectivity index is 1.51. The standard InChI is InChI=1S/C29H26O12/c1-11-19-9-21-23(24(11)33)18(32)8-20(39-21)13-3-5-16(30)14(7-13)12-2-4-17(31)15(6-12)28(37)38-10-22-25(34)26(35)27(36)29(40-19)41-22/h2-7,9,20,22,25-27,29-31,33-36H,8,10H2,1H3/t20-,22-,25+,26-,27+,29+/m0/s1. The molecule has 0 spiro atoms. The van der Waals surface area contributed by atoms with Crippen molar-refractivity contribution in [3.05, 3.63) is 64.7 Å². The lowest BCUT2D eigenvalue weighted by Crippen LogP contribution is -2.60. The fourth-order valence-corrected chi connectivity index (χ4v) is 5.22. The second-order valence-corrected chi connectivity index (χ2v) is 10.2. The molecule has 0 amide bonds. The topological polar surface area (TPSA) is 192 Å². The van der Waals surface area contributed by atoms with Crippen LogP contribution in [-0.4, -0.2) is 79.7 Å². The number of hydrogen-bond donors (Lipinski definition) is 6. The molecule has 1 fully saturated rings. The second kappa shape index (κ2) is 9.93. The smallest absolute Gasteiger partial charge is 0.342 e. The van der Waals surface area contributed by atoms with Crippen molar-refractivity contribution in [3.63, 3.8) is 0 Å². The van der Waals surface area contributed by atoms with Gasteiger partial charge in [-0.15, -0.1) is 0 Å². The van der Waals surface area contributed by atoms with Gasteiger partial charge in [-0.05, 0) is 42.3 Å². The number of ether oxygens (including phenoxy) is 4. The van der Waals surface area contributed by atoms with Crippen molar-refractivity contribution in [1.82, 2.24) is 0 Å². The summed E-state index contributed by atoms with van der Waals surface area (Å²) in [5.41, 5.74) is 0.961. The third kappa shape index (κ3) is 4.50. The summed E-state index contributed by atoms with van der Waals surface area (Å²) in [4.78, 5) is 26.1. The van der Waals surface area contributed by atoms with E-state index < -0.39 is 66.7 Å². The summed E-state index contributed by atoms with van der Waals surface area (Å²) in [7, 11) is 0. The summed E-state index contributed by atoms with van der Waals surface area (Å²) in [6.45, 7) is 0.879. The van der Waals surface area contributed by atoms with Gasteiger partial charge in [0, 0.05) is 17.2 Å². The number of rotatable bonds is 0. The maximum Gasteiger partial charge on any atom is 0.342 e. The fraction of sp³-hybridized carbons (Fsp3) is 0.310. The van der Waals surface area contributed by atoms with Crippen LogP contribution in [0.4, 0.5) is 0 Å². The first-order chi connectivity index (χ1) is 19.5. The van der Waals surface area contributed by atoms with Crippen LogP contribution >= 0.6 is 0 Å². The quantitative estimate of drug-likeness (QED) is 0.217. The monoisotopic (exact) mass is 566 g/mol. The molecule has 0 radical (unpaired) electrons. The highest BCUT2D eigenvalue weighted by molar-refractivity contribution is 6.03. The van der Waals surface area contributed by atoms with Crippen LogP contribution in [-0.2, 0) is 9.47 Å². The molecule has 0 unspecified atom stereocenters. The van der Waals surface area contributed by atoms with E-state index in [1.54, 1.807) is 12.1 Å². The molecular weight excluding hydrogens is 540 g/mol. The molecule has 0 aliphatic carbocycles. The number of ketones is 1. The molecule has 0 saturated carbocycles. The number of phenols is 3. The number of fused-ring (bicyclic) bond motifs is 10. The number of aliphatic hydroxyl groups is 3. The summed E-state index contributed by atoms with van der Waals surface area (Å²) in [6, 6.07) is 9.94. The van der Waals surface area contributed by atoms with Gasteiger partial charge in [-0.1, -0.05) is 12.1 Å². The molecule has 3 heterocycles. The van der Waals surface area contributed by atoms with Crippen LogP contribution in [0.5, 0.6) is 28.7 Å². The van der Waals surface area contributed by atoms with E-state index in [0.29, 0.717) is 11.1 Å². The van der Waals surface area contributed by atoms with Crippen molar-refractivity contribution in [2.75, 3.05) is 6.61 Å². The molecule has 214 valence electrons. The van der Waals surface area contributed by atoms with Crippen LogP contribution in [0.2, 0.25) is 0 Å². The Bertz CT molecular complexity index is 1570. The molecule has 3 aliphatic rings. The predicted molar refractivity (Wildman–Crippen MR) is 138 cm³/mol. The lowest BCUT2D eigenvalue weighted by molar-refractivity contribution is -0.277. The van der Waals surface area contributed by atoms with E-state index in [4.69, 9.17) is 18.9 Å². The molecule has 41 heavy (non-hydrogen) atoms. The van der Waals surface area contributed by atoms with Crippen molar-refractivity contribution < 1.29 is 59.2 Å². The van der Waals surface area contributed by atoms with Gasteiger partial charge in [-0.2, -0.15) is 0 Å². The molecule has 6 N–H and O–H groups in total. The SMILES string of the molecule is Cc1c2cc3c(c1O)C(=O)C[C@H](O3)c1ccc(O)c(c1)-c1ccc(O)c(c1)C(=O)OC[C@@H]1O[C@@H](O2)[C@H](O)[C@@H](O)[C@@H]1O. The van der Waals surface area contributed by atoms with Crippen LogP contribution < -0.4 is 9.47 Å². The van der Waals surface area contributed by atoms with Crippen LogP contribution in [0.15, 0.2) is 42.5 Å². The lowest BCUT2D eigenvalue weighted by Gasteiger charge is -2.40. The zero-order valence-corrected chi connectivity index (χ0v) is 21.6. The molecule has 12 heteroatoms. The van der Waals surface area contributed by atoms with E-state index in [1.165, 1.54) is 37.3 Å². The maximum absolute atomic E-state index is 13.2. The first-order valence-corrected chi connectivity index (χ1v) is 12.8. The van der Waals surface area contributed by atoms with Gasteiger partial charge in [0.15, 0.2) is 5.78 Å². The van der Waals surface area contributed by atoms with Crippen LogP contribution in [0.25, 0.3) is 11.1 Å². The molecular formula is C29H26O12. The number of Topliss-reactive ketones (excluding diaryl/α,β-unsaturated/α-hetero) is 1. The maximum atomic E-state index is 13.2. The minimum atomic E-state index is -1.76. The molecule has 3 aromatic carbocycles. The Morgan fingerprint density at radius 2 is 1.54 bits per heavy atom. The number of phenolic OH excluding ortho intramolecular Hbond substituents is 3. The Kier molecular flexibility index (Phi) is 6.50. The van der Waals surface area contributed by atoms with E-state index >= 15 is 0 Å². The van der Waals surface area contributed by atoms with Crippen LogP contribution in [0.3, 0.4) is 0 Å². The van der Waals surface area contributed by atoms with E-state index in [9.17, 15) is 40.2 Å². The van der Waals surface area contributed by atoms with Crippen molar-refractivity contribution in [1.29, 1.82) is 0 Å². The normalized spacial score (nSPS) is 27.2. The fourth-order valence-electron chi connectivity index (χ4n) is 5.22. The first kappa shape index (κ1) is 26.8. The minimum absolute atomic E-state index is 0.00312. The van der Waals surface area contributed by atoms with Crippen molar-refractivity contribution in [3.8, 4) is 39.9 Å². The number of carbonyl (C=O) groups excluding carboxylic acids is 2. The van der Waals surface area contributed by atoms with Gasteiger partial charge >= 0.3 is 5.97 Å². The lowest BCUT2D eigenvalue weighted by atomic mass is 9.92. The summed E-state index contributed by atoms with van der Waals surface area (Å²) >= 11 is 0. The van der Waals surface area contributed by atoms with Gasteiger partial charge in [0.25, 0.3) is 0 Å². The number of esters is 1.